The summed E-state index contributed by atoms with van der Waals surface area (Å²) in [6, 6.07) is 16.7. The van der Waals surface area contributed by atoms with Gasteiger partial charge in [-0.15, -0.1) is 0 Å². The summed E-state index contributed by atoms with van der Waals surface area (Å²) in [5.41, 5.74) is 2.96. The highest BCUT2D eigenvalue weighted by Crippen LogP contribution is 2.23. The van der Waals surface area contributed by atoms with Crippen LogP contribution in [0, 0.1) is 18.3 Å². The van der Waals surface area contributed by atoms with Crippen LogP contribution in [0.1, 0.15) is 17.5 Å². The first-order valence-corrected chi connectivity index (χ1v) is 11.7. The van der Waals surface area contributed by atoms with Crippen LogP contribution in [0.25, 0.3) is 0 Å². The molecule has 0 spiro atoms. The third-order valence-electron chi connectivity index (χ3n) is 5.27. The van der Waals surface area contributed by atoms with Crippen molar-refractivity contribution in [3.63, 3.8) is 0 Å². The van der Waals surface area contributed by atoms with Crippen LogP contribution in [0.2, 0.25) is 0 Å². The number of hydrogen-bond donors (Lipinski definition) is 0. The first kappa shape index (κ1) is 21.7. The van der Waals surface area contributed by atoms with E-state index in [0.29, 0.717) is 30.9 Å². The molecule has 0 aromatic heterocycles. The van der Waals surface area contributed by atoms with Crippen molar-refractivity contribution in [2.75, 3.05) is 48.2 Å². The lowest BCUT2D eigenvalue weighted by Gasteiger charge is -2.28. The molecule has 1 fully saturated rings. The van der Waals surface area contributed by atoms with Crippen molar-refractivity contribution in [2.24, 2.45) is 0 Å². The molecule has 8 heteroatoms. The Balaban J connectivity index is 1.70. The van der Waals surface area contributed by atoms with Gasteiger partial charge in [0, 0.05) is 31.9 Å². The van der Waals surface area contributed by atoms with Gasteiger partial charge in [0.05, 0.1) is 23.6 Å². The Morgan fingerprint density at radius 1 is 1.07 bits per heavy atom. The molecule has 0 aliphatic carbocycles. The van der Waals surface area contributed by atoms with Crippen LogP contribution < -0.4 is 9.21 Å². The molecule has 158 valence electrons. The van der Waals surface area contributed by atoms with Crippen molar-refractivity contribution in [3.05, 3.63) is 59.7 Å². The van der Waals surface area contributed by atoms with E-state index in [1.54, 1.807) is 29.2 Å². The van der Waals surface area contributed by atoms with E-state index < -0.39 is 10.0 Å². The molecular weight excluding hydrogens is 400 g/mol. The quantitative estimate of drug-likeness (QED) is 0.733. The number of carbonyl (C=O) groups is 1. The van der Waals surface area contributed by atoms with Crippen LogP contribution >= 0.6 is 0 Å². The van der Waals surface area contributed by atoms with Gasteiger partial charge in [0.1, 0.15) is 6.54 Å². The summed E-state index contributed by atoms with van der Waals surface area (Å²) in [5, 5.41) is 8.95. The highest BCUT2D eigenvalue weighted by Gasteiger charge is 2.26. The number of aryl methyl sites for hydroxylation is 1. The van der Waals surface area contributed by atoms with E-state index in [9.17, 15) is 13.2 Å². The summed E-state index contributed by atoms with van der Waals surface area (Å²) in [6.07, 6.45) is 1.91. The monoisotopic (exact) mass is 426 g/mol. The summed E-state index contributed by atoms with van der Waals surface area (Å²) in [4.78, 5) is 16.9. The third kappa shape index (κ3) is 5.10. The van der Waals surface area contributed by atoms with E-state index in [2.05, 4.69) is 11.0 Å². The molecule has 30 heavy (non-hydrogen) atoms. The van der Waals surface area contributed by atoms with Gasteiger partial charge in [-0.3, -0.25) is 9.10 Å². The van der Waals surface area contributed by atoms with Gasteiger partial charge in [0.2, 0.25) is 15.9 Å². The number of amides is 1. The number of rotatable bonds is 5. The predicted octanol–water partition coefficient (Wildman–Crippen LogP) is 2.37. The molecule has 0 radical (unpaired) electrons. The van der Waals surface area contributed by atoms with Gasteiger partial charge in [-0.25, -0.2) is 8.42 Å². The van der Waals surface area contributed by atoms with Crippen LogP contribution in [0.15, 0.2) is 48.5 Å². The Morgan fingerprint density at radius 2 is 1.77 bits per heavy atom. The summed E-state index contributed by atoms with van der Waals surface area (Å²) in [6.45, 7) is 4.17. The van der Waals surface area contributed by atoms with Crippen molar-refractivity contribution in [2.45, 2.75) is 13.3 Å². The highest BCUT2D eigenvalue weighted by molar-refractivity contribution is 7.92. The van der Waals surface area contributed by atoms with E-state index >= 15 is 0 Å². The second kappa shape index (κ2) is 9.18. The zero-order valence-corrected chi connectivity index (χ0v) is 18.1. The third-order valence-corrected chi connectivity index (χ3v) is 6.40. The number of nitrogens with zero attached hydrogens (tertiary/aromatic N) is 4. The van der Waals surface area contributed by atoms with Crippen LogP contribution in [-0.4, -0.2) is 58.2 Å². The SMILES string of the molecule is Cc1ccccc1N(CC(=O)N1CCCN(c2ccc(C#N)cc2)CC1)S(C)(=O)=O. The molecule has 0 bridgehead atoms. The number of anilines is 2. The second-order valence-electron chi connectivity index (χ2n) is 7.44. The number of nitriles is 1. The van der Waals surface area contributed by atoms with Gasteiger partial charge < -0.3 is 9.80 Å². The number of carbonyl (C=O) groups excluding carboxylic acids is 1. The summed E-state index contributed by atoms with van der Waals surface area (Å²) < 4.78 is 26.0. The van der Waals surface area contributed by atoms with E-state index in [1.165, 1.54) is 4.31 Å². The molecule has 1 heterocycles. The minimum absolute atomic E-state index is 0.203. The van der Waals surface area contributed by atoms with Crippen LogP contribution in [0.3, 0.4) is 0 Å². The molecule has 0 atom stereocenters. The van der Waals surface area contributed by atoms with Crippen LogP contribution in [0.5, 0.6) is 0 Å². The van der Waals surface area contributed by atoms with E-state index in [0.717, 1.165) is 30.5 Å². The zero-order valence-electron chi connectivity index (χ0n) is 17.3. The Hall–Kier alpha value is -3.05. The number of benzene rings is 2. The van der Waals surface area contributed by atoms with Gasteiger partial charge in [-0.05, 0) is 49.2 Å². The smallest absolute Gasteiger partial charge is 0.243 e. The largest absolute Gasteiger partial charge is 0.370 e. The van der Waals surface area contributed by atoms with Crippen molar-refractivity contribution in [1.82, 2.24) is 4.90 Å². The van der Waals surface area contributed by atoms with E-state index in [4.69, 9.17) is 5.26 Å². The van der Waals surface area contributed by atoms with E-state index in [1.807, 2.05) is 31.2 Å². The van der Waals surface area contributed by atoms with Gasteiger partial charge in [-0.2, -0.15) is 5.26 Å². The molecule has 1 aliphatic rings. The Bertz CT molecular complexity index is 1040. The van der Waals surface area contributed by atoms with Gasteiger partial charge in [-0.1, -0.05) is 18.2 Å². The van der Waals surface area contributed by atoms with Gasteiger partial charge in [0.25, 0.3) is 0 Å². The molecule has 7 nitrogen and oxygen atoms in total. The minimum Gasteiger partial charge on any atom is -0.370 e. The van der Waals surface area contributed by atoms with Gasteiger partial charge >= 0.3 is 0 Å². The molecule has 1 aliphatic heterocycles. The van der Waals surface area contributed by atoms with Crippen molar-refractivity contribution >= 4 is 27.3 Å². The van der Waals surface area contributed by atoms with Crippen molar-refractivity contribution in [1.29, 1.82) is 5.26 Å². The molecule has 1 saturated heterocycles. The Labute approximate surface area is 178 Å². The first-order valence-electron chi connectivity index (χ1n) is 9.86. The highest BCUT2D eigenvalue weighted by atomic mass is 32.2. The predicted molar refractivity (Wildman–Crippen MR) is 118 cm³/mol. The second-order valence-corrected chi connectivity index (χ2v) is 9.34. The topological polar surface area (TPSA) is 84.7 Å². The van der Waals surface area contributed by atoms with Gasteiger partial charge in [0.15, 0.2) is 0 Å². The molecule has 2 aromatic rings. The fourth-order valence-electron chi connectivity index (χ4n) is 3.62. The van der Waals surface area contributed by atoms with Crippen LogP contribution in [-0.2, 0) is 14.8 Å². The van der Waals surface area contributed by atoms with Crippen LogP contribution in [0.4, 0.5) is 11.4 Å². The standard InChI is InChI=1S/C22H26N4O3S/c1-18-6-3-4-7-21(18)26(30(2,28)29)17-22(27)25-13-5-12-24(14-15-25)20-10-8-19(16-23)9-11-20/h3-4,6-11H,5,12-15,17H2,1-2H3. The maximum absolute atomic E-state index is 13.0. The summed E-state index contributed by atoms with van der Waals surface area (Å²) in [7, 11) is -3.59. The maximum Gasteiger partial charge on any atom is 0.243 e. The summed E-state index contributed by atoms with van der Waals surface area (Å²) in [5.74, 6) is -0.203. The molecule has 1 amide bonds. The normalized spacial score (nSPS) is 14.7. The molecule has 2 aromatic carbocycles. The van der Waals surface area contributed by atoms with Crippen molar-refractivity contribution < 1.29 is 13.2 Å². The molecule has 0 N–H and O–H groups in total. The molecule has 0 saturated carbocycles. The maximum atomic E-state index is 13.0. The molecule has 0 unspecified atom stereocenters. The molecule has 3 rings (SSSR count). The first-order chi connectivity index (χ1) is 14.3. The minimum atomic E-state index is -3.59. The van der Waals surface area contributed by atoms with Crippen molar-refractivity contribution in [3.8, 4) is 6.07 Å². The molecular formula is C22H26N4O3S. The zero-order chi connectivity index (χ0) is 21.7. The average molecular weight is 427 g/mol. The fourth-order valence-corrected chi connectivity index (χ4v) is 4.53. The number of hydrogen-bond acceptors (Lipinski definition) is 5. The fraction of sp³-hybridized carbons (Fsp3) is 0.364. The average Bonchev–Trinajstić information content (AvgIpc) is 2.98. The Kier molecular flexibility index (Phi) is 6.63. The summed E-state index contributed by atoms with van der Waals surface area (Å²) >= 11 is 0. The number of sulfonamides is 1. The number of para-hydroxylation sites is 1. The lowest BCUT2D eigenvalue weighted by molar-refractivity contribution is -0.129. The Morgan fingerprint density at radius 3 is 2.40 bits per heavy atom. The lowest BCUT2D eigenvalue weighted by atomic mass is 10.2. The lowest BCUT2D eigenvalue weighted by Crippen LogP contribution is -2.44. The van der Waals surface area contributed by atoms with E-state index in [-0.39, 0.29) is 12.5 Å².